The molecule has 7 heteroatoms. The quantitative estimate of drug-likeness (QED) is 0.690. The van der Waals surface area contributed by atoms with E-state index in [1.165, 1.54) is 19.2 Å². The molecule has 0 amide bonds. The number of halogens is 2. The first-order valence-corrected chi connectivity index (χ1v) is 7.23. The predicted molar refractivity (Wildman–Crippen MR) is 84.1 cm³/mol. The summed E-state index contributed by atoms with van der Waals surface area (Å²) >= 11 is 6.09. The molecular weight excluding hydrogens is 321 g/mol. The number of carbonyl (C=O) groups excluding carboxylic acids is 1. The number of nitrogens with zero attached hydrogens (tertiary/aromatic N) is 3. The Bertz CT molecular complexity index is 908. The Morgan fingerprint density at radius 2 is 2.09 bits per heavy atom. The summed E-state index contributed by atoms with van der Waals surface area (Å²) in [5, 5.41) is 0.329. The zero-order valence-corrected chi connectivity index (χ0v) is 13.3. The molecule has 0 atom stereocenters. The molecule has 5 nitrogen and oxygen atoms in total. The van der Waals surface area contributed by atoms with Gasteiger partial charge >= 0.3 is 5.97 Å². The van der Waals surface area contributed by atoms with Gasteiger partial charge in [0.05, 0.1) is 13.7 Å². The topological polar surface area (TPSA) is 57.0 Å². The molecule has 2 heterocycles. The number of aromatic nitrogens is 3. The van der Waals surface area contributed by atoms with Gasteiger partial charge in [0, 0.05) is 5.02 Å². The maximum absolute atomic E-state index is 13.2. The van der Waals surface area contributed by atoms with Crippen LogP contribution < -0.4 is 0 Å². The third-order valence-electron chi connectivity index (χ3n) is 3.52. The van der Waals surface area contributed by atoms with E-state index in [4.69, 9.17) is 11.6 Å². The van der Waals surface area contributed by atoms with Crippen molar-refractivity contribution in [3.63, 3.8) is 0 Å². The van der Waals surface area contributed by atoms with Gasteiger partial charge < -0.3 is 9.30 Å². The molecule has 3 rings (SSSR count). The van der Waals surface area contributed by atoms with Gasteiger partial charge in [0.2, 0.25) is 0 Å². The summed E-state index contributed by atoms with van der Waals surface area (Å²) in [5.74, 6) is -0.191. The molecule has 0 aliphatic rings. The van der Waals surface area contributed by atoms with Crippen molar-refractivity contribution in [3.8, 4) is 0 Å². The first-order valence-electron chi connectivity index (χ1n) is 6.85. The number of benzene rings is 1. The van der Waals surface area contributed by atoms with Crippen LogP contribution in [0.15, 0.2) is 30.3 Å². The number of methoxy groups -OCH3 is 1. The summed E-state index contributed by atoms with van der Waals surface area (Å²) in [6.45, 7) is 2.20. The van der Waals surface area contributed by atoms with Crippen LogP contribution in [0.25, 0.3) is 11.2 Å². The molecule has 0 bridgehead atoms. The lowest BCUT2D eigenvalue weighted by atomic mass is 10.2. The minimum atomic E-state index is -0.517. The largest absolute Gasteiger partial charge is 0.464 e. The number of hydrogen-bond acceptors (Lipinski definition) is 4. The Hall–Kier alpha value is -2.47. The summed E-state index contributed by atoms with van der Waals surface area (Å²) in [7, 11) is 1.30. The molecule has 0 saturated carbocycles. The number of ether oxygens (including phenoxy) is 1. The van der Waals surface area contributed by atoms with E-state index in [0.717, 1.165) is 11.4 Å². The molecule has 1 aromatic carbocycles. The number of aryl methyl sites for hydroxylation is 1. The molecule has 0 radical (unpaired) electrons. The average molecular weight is 334 g/mol. The van der Waals surface area contributed by atoms with Gasteiger partial charge in [-0.15, -0.1) is 0 Å². The molecule has 23 heavy (non-hydrogen) atoms. The molecule has 0 spiro atoms. The molecule has 0 N–H and O–H groups in total. The number of pyridine rings is 1. The lowest BCUT2D eigenvalue weighted by Crippen LogP contribution is -2.07. The van der Waals surface area contributed by atoms with E-state index in [1.807, 2.05) is 11.5 Å². The van der Waals surface area contributed by atoms with Gasteiger partial charge in [0.15, 0.2) is 11.3 Å². The van der Waals surface area contributed by atoms with Crippen molar-refractivity contribution in [1.82, 2.24) is 14.5 Å². The molecule has 0 saturated heterocycles. The molecule has 0 aliphatic carbocycles. The number of imidazole rings is 1. The SMILES string of the molecule is COC(=O)c1ccc2nc(C)n(Cc3ccc(F)cc3Cl)c2n1. The van der Waals surface area contributed by atoms with E-state index in [0.29, 0.717) is 22.7 Å². The van der Waals surface area contributed by atoms with Crippen LogP contribution in [0.5, 0.6) is 0 Å². The highest BCUT2D eigenvalue weighted by molar-refractivity contribution is 6.31. The second-order valence-corrected chi connectivity index (χ2v) is 5.42. The van der Waals surface area contributed by atoms with Gasteiger partial charge in [0.1, 0.15) is 17.2 Å². The third kappa shape index (κ3) is 2.90. The van der Waals surface area contributed by atoms with Crippen LogP contribution in [0.4, 0.5) is 4.39 Å². The highest BCUT2D eigenvalue weighted by atomic mass is 35.5. The van der Waals surface area contributed by atoms with Crippen LogP contribution in [0, 0.1) is 12.7 Å². The highest BCUT2D eigenvalue weighted by Crippen LogP contribution is 2.22. The zero-order chi connectivity index (χ0) is 16.6. The Kier molecular flexibility index (Phi) is 4.00. The highest BCUT2D eigenvalue weighted by Gasteiger charge is 2.15. The molecule has 2 aromatic heterocycles. The summed E-state index contributed by atoms with van der Waals surface area (Å²) in [6.07, 6.45) is 0. The van der Waals surface area contributed by atoms with Gasteiger partial charge in [-0.25, -0.2) is 19.2 Å². The van der Waals surface area contributed by atoms with Crippen LogP contribution in [0.2, 0.25) is 5.02 Å². The van der Waals surface area contributed by atoms with Crippen molar-refractivity contribution in [3.05, 3.63) is 58.3 Å². The van der Waals surface area contributed by atoms with Crippen LogP contribution in [0.1, 0.15) is 21.9 Å². The van der Waals surface area contributed by atoms with Crippen LogP contribution >= 0.6 is 11.6 Å². The van der Waals surface area contributed by atoms with E-state index in [-0.39, 0.29) is 5.69 Å². The van der Waals surface area contributed by atoms with Crippen molar-refractivity contribution in [2.75, 3.05) is 7.11 Å². The second kappa shape index (κ2) is 5.96. The van der Waals surface area contributed by atoms with Crippen LogP contribution in [0.3, 0.4) is 0 Å². The number of esters is 1. The summed E-state index contributed by atoms with van der Waals surface area (Å²) in [4.78, 5) is 20.4. The Morgan fingerprint density at radius 3 is 2.78 bits per heavy atom. The standard InChI is InChI=1S/C16H13ClFN3O2/c1-9-19-13-5-6-14(16(22)23-2)20-15(13)21(9)8-10-3-4-11(18)7-12(10)17/h3-7H,8H2,1-2H3. The minimum absolute atomic E-state index is 0.200. The van der Waals surface area contributed by atoms with Crippen molar-refractivity contribution >= 4 is 28.7 Å². The number of rotatable bonds is 3. The van der Waals surface area contributed by atoms with E-state index < -0.39 is 11.8 Å². The smallest absolute Gasteiger partial charge is 0.356 e. The molecule has 0 aliphatic heterocycles. The monoisotopic (exact) mass is 333 g/mol. The van der Waals surface area contributed by atoms with Crippen molar-refractivity contribution in [2.45, 2.75) is 13.5 Å². The lowest BCUT2D eigenvalue weighted by molar-refractivity contribution is 0.0594. The molecule has 118 valence electrons. The Morgan fingerprint density at radius 1 is 1.30 bits per heavy atom. The third-order valence-corrected chi connectivity index (χ3v) is 3.87. The summed E-state index contributed by atoms with van der Waals surface area (Å²) in [5.41, 5.74) is 2.14. The fourth-order valence-corrected chi connectivity index (χ4v) is 2.57. The molecule has 3 aromatic rings. The number of fused-ring (bicyclic) bond motifs is 1. The van der Waals surface area contributed by atoms with Crippen LogP contribution in [-0.2, 0) is 11.3 Å². The van der Waals surface area contributed by atoms with Gasteiger partial charge in [-0.3, -0.25) is 0 Å². The van der Waals surface area contributed by atoms with E-state index in [9.17, 15) is 9.18 Å². The minimum Gasteiger partial charge on any atom is -0.464 e. The first-order chi connectivity index (χ1) is 11.0. The fourth-order valence-electron chi connectivity index (χ4n) is 2.34. The molecule has 0 unspecified atom stereocenters. The van der Waals surface area contributed by atoms with E-state index in [1.54, 1.807) is 18.2 Å². The predicted octanol–water partition coefficient (Wildman–Crippen LogP) is 3.37. The van der Waals surface area contributed by atoms with E-state index >= 15 is 0 Å². The Labute approximate surface area is 136 Å². The first kappa shape index (κ1) is 15.4. The van der Waals surface area contributed by atoms with Crippen molar-refractivity contribution in [2.24, 2.45) is 0 Å². The Balaban J connectivity index is 2.08. The van der Waals surface area contributed by atoms with Gasteiger partial charge in [0.25, 0.3) is 0 Å². The van der Waals surface area contributed by atoms with Gasteiger partial charge in [-0.2, -0.15) is 0 Å². The number of hydrogen-bond donors (Lipinski definition) is 0. The second-order valence-electron chi connectivity index (χ2n) is 5.01. The normalized spacial score (nSPS) is 11.0. The van der Waals surface area contributed by atoms with Gasteiger partial charge in [-0.1, -0.05) is 17.7 Å². The van der Waals surface area contributed by atoms with Gasteiger partial charge in [-0.05, 0) is 36.8 Å². The maximum atomic E-state index is 13.2. The van der Waals surface area contributed by atoms with E-state index in [2.05, 4.69) is 14.7 Å². The average Bonchev–Trinajstić information content (AvgIpc) is 2.84. The summed E-state index contributed by atoms with van der Waals surface area (Å²) in [6, 6.07) is 7.51. The molecular formula is C16H13ClFN3O2. The zero-order valence-electron chi connectivity index (χ0n) is 12.5. The molecule has 0 fully saturated rings. The lowest BCUT2D eigenvalue weighted by Gasteiger charge is -2.09. The maximum Gasteiger partial charge on any atom is 0.356 e. The van der Waals surface area contributed by atoms with Crippen molar-refractivity contribution in [1.29, 1.82) is 0 Å². The summed E-state index contributed by atoms with van der Waals surface area (Å²) < 4.78 is 19.7. The van der Waals surface area contributed by atoms with Crippen LogP contribution in [-0.4, -0.2) is 27.6 Å². The van der Waals surface area contributed by atoms with Crippen molar-refractivity contribution < 1.29 is 13.9 Å². The number of carbonyl (C=O) groups is 1. The fraction of sp³-hybridized carbons (Fsp3) is 0.188.